The lowest BCUT2D eigenvalue weighted by atomic mass is 9.85. The molecule has 0 radical (unpaired) electrons. The summed E-state index contributed by atoms with van der Waals surface area (Å²) in [5.41, 5.74) is -0.616. The molecule has 200 valence electrons. The Hall–Kier alpha value is -5.66. The molecule has 0 saturated heterocycles. The molecule has 0 N–H and O–H groups in total. The molecule has 0 bridgehead atoms. The van der Waals surface area contributed by atoms with Crippen molar-refractivity contribution >= 4 is 54.3 Å². The number of para-hydroxylation sites is 1. The molecule has 1 heterocycles. The van der Waals surface area contributed by atoms with E-state index in [1.54, 1.807) is 18.2 Å². The maximum absolute atomic E-state index is 9.29. The predicted octanol–water partition coefficient (Wildman–Crippen LogP) is 12.0. The molecule has 0 unspecified atom stereocenters. The predicted molar refractivity (Wildman–Crippen MR) is 183 cm³/mol. The highest BCUT2D eigenvalue weighted by Gasteiger charge is 2.20. The van der Waals surface area contributed by atoms with Crippen molar-refractivity contribution in [2.24, 2.45) is 0 Å². The van der Waals surface area contributed by atoms with Gasteiger partial charge in [-0.25, -0.2) is 0 Å². The average molecular weight is 567 g/mol. The highest BCUT2D eigenvalue weighted by Crippen LogP contribution is 2.46. The van der Waals surface area contributed by atoms with Gasteiger partial charge < -0.3 is 4.42 Å². The topological polar surface area (TPSA) is 13.1 Å². The van der Waals surface area contributed by atoms with E-state index in [1.807, 2.05) is 0 Å². The van der Waals surface area contributed by atoms with Gasteiger partial charge in [-0.15, -0.1) is 0 Å². The summed E-state index contributed by atoms with van der Waals surface area (Å²) in [6, 6.07) is -4.01. The SMILES string of the molecule is [2H]c1c([2H])c([2H])c(-c2c3c([2H])c([2H])c([2H])c([2H])c3c(-c3cccc4c3oc3ccc(-c5c([2H])c([2H])c6c([2H])c([2H])c([2H])c([2H])c6c5[2H])cc34)c3c([2H])c([2H])c([2H])c([2H])c23)c([2H])c1[2H]. The molecule has 0 amide bonds. The minimum absolute atomic E-state index is 0.0635. The highest BCUT2D eigenvalue weighted by molar-refractivity contribution is 6.24. The van der Waals surface area contributed by atoms with E-state index in [0.29, 0.717) is 10.8 Å². The Bertz CT molecular complexity index is 3520. The smallest absolute Gasteiger partial charge is 0.143 e. The second kappa shape index (κ2) is 9.44. The molecule has 9 rings (SSSR count). The average Bonchev–Trinajstić information content (AvgIpc) is 3.65. The summed E-state index contributed by atoms with van der Waals surface area (Å²) in [6.07, 6.45) is 0. The van der Waals surface area contributed by atoms with Crippen molar-refractivity contribution in [3.63, 3.8) is 0 Å². The van der Waals surface area contributed by atoms with E-state index in [9.17, 15) is 5.48 Å². The van der Waals surface area contributed by atoms with Gasteiger partial charge in [-0.3, -0.25) is 0 Å². The quantitative estimate of drug-likeness (QED) is 0.194. The van der Waals surface area contributed by atoms with Crippen LogP contribution in [0.2, 0.25) is 0 Å². The maximum atomic E-state index is 9.29. The number of rotatable bonds is 3. The van der Waals surface area contributed by atoms with E-state index in [4.69, 9.17) is 26.3 Å². The molecule has 0 fully saturated rings. The number of fused-ring (bicyclic) bond motifs is 6. The third-order valence-corrected chi connectivity index (χ3v) is 7.43. The molecule has 0 aliphatic heterocycles. The summed E-state index contributed by atoms with van der Waals surface area (Å²) in [5.74, 6) is 0. The van der Waals surface area contributed by atoms with Gasteiger partial charge in [0.25, 0.3) is 0 Å². The molecule has 0 atom stereocenters. The normalized spacial score (nSPS) is 18.2. The zero-order chi connectivity index (χ0) is 45.7. The van der Waals surface area contributed by atoms with Gasteiger partial charge in [-0.05, 0) is 72.7 Å². The Balaban J connectivity index is 1.45. The third kappa shape index (κ3) is 3.72. The van der Waals surface area contributed by atoms with Crippen LogP contribution in [0.1, 0.15) is 27.4 Å². The molecule has 8 aromatic carbocycles. The molecule has 0 aliphatic rings. The first kappa shape index (κ1) is 11.6. The van der Waals surface area contributed by atoms with Crippen LogP contribution < -0.4 is 0 Å². The first-order chi connectivity index (χ1) is 29.6. The van der Waals surface area contributed by atoms with Crippen LogP contribution >= 0.6 is 0 Å². The fourth-order valence-electron chi connectivity index (χ4n) is 5.60. The lowest BCUT2D eigenvalue weighted by molar-refractivity contribution is 0.670. The van der Waals surface area contributed by atoms with Crippen LogP contribution in [-0.4, -0.2) is 0 Å². The van der Waals surface area contributed by atoms with Crippen LogP contribution in [-0.2, 0) is 0 Å². The molecule has 0 spiro atoms. The van der Waals surface area contributed by atoms with Gasteiger partial charge in [0, 0.05) is 21.9 Å². The van der Waals surface area contributed by atoms with Gasteiger partial charge in [-0.2, -0.15) is 0 Å². The third-order valence-electron chi connectivity index (χ3n) is 7.43. The monoisotopic (exact) mass is 566 g/mol. The van der Waals surface area contributed by atoms with Gasteiger partial charge in [0.2, 0.25) is 0 Å². The van der Waals surface area contributed by atoms with Crippen molar-refractivity contribution in [1.82, 2.24) is 0 Å². The standard InChI is InChI=1S/C42H26O/c1-2-12-28(13-3-1)40-32-15-6-8-17-34(32)41(35-18-9-7-16-33(35)40)37-20-10-19-36-38-26-31(23-24-39(38)43-42(36)37)30-22-21-27-11-4-5-14-29(27)25-30/h1-26H/i1D,2D,3D,4D,5D,6D,7D,8D,9D,11D,12D,13D,14D,15D,16D,17D,18D,21D,22D,25D. The zero-order valence-corrected chi connectivity index (χ0v) is 21.9. The Morgan fingerprint density at radius 3 is 1.84 bits per heavy atom. The summed E-state index contributed by atoms with van der Waals surface area (Å²) >= 11 is 0. The van der Waals surface area contributed by atoms with Crippen molar-refractivity contribution in [3.05, 3.63) is 157 Å². The number of furan rings is 1. The van der Waals surface area contributed by atoms with Crippen LogP contribution in [0.3, 0.4) is 0 Å². The molecule has 1 aromatic heterocycles. The van der Waals surface area contributed by atoms with Gasteiger partial charge in [0.15, 0.2) is 0 Å². The lowest BCUT2D eigenvalue weighted by Gasteiger charge is -2.17. The van der Waals surface area contributed by atoms with Crippen molar-refractivity contribution in [2.45, 2.75) is 0 Å². The first-order valence-electron chi connectivity index (χ1n) is 23.1. The number of hydrogen-bond donors (Lipinski definition) is 0. The van der Waals surface area contributed by atoms with Crippen molar-refractivity contribution in [3.8, 4) is 33.4 Å². The van der Waals surface area contributed by atoms with E-state index in [2.05, 4.69) is 0 Å². The van der Waals surface area contributed by atoms with Gasteiger partial charge in [0.05, 0.1) is 27.4 Å². The molecule has 1 nitrogen and oxygen atoms in total. The Morgan fingerprint density at radius 1 is 0.442 bits per heavy atom. The lowest BCUT2D eigenvalue weighted by Crippen LogP contribution is -1.90. The molecule has 9 aromatic rings. The molecular weight excluding hydrogens is 520 g/mol. The summed E-state index contributed by atoms with van der Waals surface area (Å²) < 4.78 is 181. The number of hydrogen-bond acceptors (Lipinski definition) is 1. The van der Waals surface area contributed by atoms with Crippen molar-refractivity contribution < 1.29 is 31.8 Å². The first-order valence-corrected chi connectivity index (χ1v) is 13.1. The van der Waals surface area contributed by atoms with Gasteiger partial charge in [0.1, 0.15) is 11.2 Å². The van der Waals surface area contributed by atoms with Crippen LogP contribution in [0.15, 0.2) is 162 Å². The van der Waals surface area contributed by atoms with E-state index < -0.39 is 132 Å². The minimum atomic E-state index is -0.786. The number of benzene rings is 8. The van der Waals surface area contributed by atoms with Crippen molar-refractivity contribution in [2.75, 3.05) is 0 Å². The Labute approximate surface area is 277 Å². The van der Waals surface area contributed by atoms with Crippen molar-refractivity contribution in [1.29, 1.82) is 0 Å². The second-order valence-electron chi connectivity index (χ2n) is 9.75. The van der Waals surface area contributed by atoms with Crippen LogP contribution in [0, 0.1) is 0 Å². The van der Waals surface area contributed by atoms with E-state index in [-0.39, 0.29) is 65.7 Å². The van der Waals surface area contributed by atoms with Gasteiger partial charge >= 0.3 is 0 Å². The van der Waals surface area contributed by atoms with E-state index >= 15 is 0 Å². The molecule has 0 aliphatic carbocycles. The molecule has 0 saturated carbocycles. The molecular formula is C42H26O. The summed E-state index contributed by atoms with van der Waals surface area (Å²) in [5, 5.41) is -1.14. The van der Waals surface area contributed by atoms with Crippen LogP contribution in [0.25, 0.3) is 87.6 Å². The minimum Gasteiger partial charge on any atom is -0.455 e. The Morgan fingerprint density at radius 2 is 1.09 bits per heavy atom. The Kier molecular flexibility index (Phi) is 2.54. The van der Waals surface area contributed by atoms with Crippen LogP contribution in [0.4, 0.5) is 0 Å². The summed E-state index contributed by atoms with van der Waals surface area (Å²) in [7, 11) is 0. The fraction of sp³-hybridized carbons (Fsp3) is 0. The zero-order valence-electron chi connectivity index (χ0n) is 41.9. The summed E-state index contributed by atoms with van der Waals surface area (Å²) in [4.78, 5) is 0. The van der Waals surface area contributed by atoms with E-state index in [0.717, 1.165) is 0 Å². The summed E-state index contributed by atoms with van der Waals surface area (Å²) in [6.45, 7) is 0. The van der Waals surface area contributed by atoms with Crippen LogP contribution in [0.5, 0.6) is 0 Å². The van der Waals surface area contributed by atoms with Gasteiger partial charge in [-0.1, -0.05) is 139 Å². The van der Waals surface area contributed by atoms with E-state index in [1.165, 1.54) is 18.2 Å². The molecule has 43 heavy (non-hydrogen) atoms. The maximum Gasteiger partial charge on any atom is 0.143 e. The second-order valence-corrected chi connectivity index (χ2v) is 9.75. The highest BCUT2D eigenvalue weighted by atomic mass is 16.3. The largest absolute Gasteiger partial charge is 0.455 e. The fourth-order valence-corrected chi connectivity index (χ4v) is 5.60. The molecule has 1 heteroatoms.